The van der Waals surface area contributed by atoms with Crippen LogP contribution in [0, 0.1) is 20.8 Å². The van der Waals surface area contributed by atoms with Gasteiger partial charge in [-0.15, -0.1) is 0 Å². The summed E-state index contributed by atoms with van der Waals surface area (Å²) < 4.78 is 5.65. The lowest BCUT2D eigenvalue weighted by atomic mass is 10.1. The van der Waals surface area contributed by atoms with Crippen LogP contribution in [-0.2, 0) is 4.79 Å². The molecular formula is C14H21NO3. The van der Waals surface area contributed by atoms with Crippen LogP contribution in [0.5, 0.6) is 5.75 Å². The number of hydrogen-bond acceptors (Lipinski definition) is 3. The van der Waals surface area contributed by atoms with Crippen molar-refractivity contribution in [2.75, 3.05) is 6.61 Å². The minimum atomic E-state index is -0.961. The summed E-state index contributed by atoms with van der Waals surface area (Å²) in [4.78, 5) is 10.5. The first-order valence-electron chi connectivity index (χ1n) is 6.11. The van der Waals surface area contributed by atoms with E-state index in [1.807, 2.05) is 19.9 Å². The fourth-order valence-corrected chi connectivity index (χ4v) is 1.70. The van der Waals surface area contributed by atoms with Crippen molar-refractivity contribution < 1.29 is 14.6 Å². The second-order valence-electron chi connectivity index (χ2n) is 4.64. The maximum Gasteiger partial charge on any atom is 0.320 e. The van der Waals surface area contributed by atoms with E-state index in [4.69, 9.17) is 15.6 Å². The van der Waals surface area contributed by atoms with Crippen molar-refractivity contribution in [3.8, 4) is 5.75 Å². The molecule has 0 saturated carbocycles. The largest absolute Gasteiger partial charge is 0.493 e. The van der Waals surface area contributed by atoms with Gasteiger partial charge in [0.2, 0.25) is 0 Å². The normalized spacial score (nSPS) is 12.2. The monoisotopic (exact) mass is 251 g/mol. The van der Waals surface area contributed by atoms with Crippen LogP contribution in [0.25, 0.3) is 0 Å². The molecule has 1 aromatic carbocycles. The molecule has 1 atom stereocenters. The molecule has 0 heterocycles. The van der Waals surface area contributed by atoms with Gasteiger partial charge in [-0.05, 0) is 56.4 Å². The van der Waals surface area contributed by atoms with Crippen molar-refractivity contribution in [2.24, 2.45) is 5.73 Å². The van der Waals surface area contributed by atoms with Gasteiger partial charge in [-0.25, -0.2) is 0 Å². The highest BCUT2D eigenvalue weighted by atomic mass is 16.5. The lowest BCUT2D eigenvalue weighted by Gasteiger charge is -2.12. The second kappa shape index (κ2) is 6.40. The van der Waals surface area contributed by atoms with Gasteiger partial charge < -0.3 is 15.6 Å². The molecule has 1 unspecified atom stereocenters. The first-order chi connectivity index (χ1) is 8.41. The lowest BCUT2D eigenvalue weighted by molar-refractivity contribution is -0.138. The van der Waals surface area contributed by atoms with Gasteiger partial charge in [-0.1, -0.05) is 6.07 Å². The first-order valence-corrected chi connectivity index (χ1v) is 6.11. The Morgan fingerprint density at radius 2 is 1.89 bits per heavy atom. The Morgan fingerprint density at radius 1 is 1.28 bits per heavy atom. The van der Waals surface area contributed by atoms with E-state index in [1.54, 1.807) is 0 Å². The summed E-state index contributed by atoms with van der Waals surface area (Å²) in [7, 11) is 0. The van der Waals surface area contributed by atoms with Crippen molar-refractivity contribution in [1.82, 2.24) is 0 Å². The standard InChI is InChI=1S/C14H21NO3/c1-9-7-11(3)13(8-10(9)2)18-6-4-5-12(15)14(16)17/h7-8,12H,4-6,15H2,1-3H3,(H,16,17). The maximum atomic E-state index is 10.5. The van der Waals surface area contributed by atoms with Crippen molar-refractivity contribution in [3.63, 3.8) is 0 Å². The Labute approximate surface area is 108 Å². The van der Waals surface area contributed by atoms with Gasteiger partial charge in [0, 0.05) is 0 Å². The topological polar surface area (TPSA) is 72.5 Å². The summed E-state index contributed by atoms with van der Waals surface area (Å²) in [5.41, 5.74) is 8.95. The first kappa shape index (κ1) is 14.5. The average molecular weight is 251 g/mol. The molecule has 0 aromatic heterocycles. The van der Waals surface area contributed by atoms with Crippen LogP contribution in [0.1, 0.15) is 29.5 Å². The number of nitrogens with two attached hydrogens (primary N) is 1. The number of carboxylic acids is 1. The van der Waals surface area contributed by atoms with Gasteiger partial charge in [-0.3, -0.25) is 4.79 Å². The van der Waals surface area contributed by atoms with Gasteiger partial charge in [-0.2, -0.15) is 0 Å². The second-order valence-corrected chi connectivity index (χ2v) is 4.64. The summed E-state index contributed by atoms with van der Waals surface area (Å²) in [6.07, 6.45) is 1.07. The van der Waals surface area contributed by atoms with E-state index < -0.39 is 12.0 Å². The van der Waals surface area contributed by atoms with E-state index in [0.29, 0.717) is 19.4 Å². The van der Waals surface area contributed by atoms with Gasteiger partial charge in [0.25, 0.3) is 0 Å². The molecule has 0 aliphatic carbocycles. The van der Waals surface area contributed by atoms with Crippen molar-refractivity contribution in [3.05, 3.63) is 28.8 Å². The number of aliphatic carboxylic acids is 1. The Hall–Kier alpha value is -1.55. The van der Waals surface area contributed by atoms with Gasteiger partial charge in [0.05, 0.1) is 6.61 Å². The molecule has 0 saturated heterocycles. The van der Waals surface area contributed by atoms with Crippen LogP contribution in [-0.4, -0.2) is 23.7 Å². The Morgan fingerprint density at radius 3 is 2.50 bits per heavy atom. The van der Waals surface area contributed by atoms with Gasteiger partial charge in [0.15, 0.2) is 0 Å². The maximum absolute atomic E-state index is 10.5. The number of carbonyl (C=O) groups is 1. The molecule has 0 bridgehead atoms. The molecule has 18 heavy (non-hydrogen) atoms. The third-order valence-corrected chi connectivity index (χ3v) is 3.03. The number of rotatable bonds is 6. The highest BCUT2D eigenvalue weighted by Gasteiger charge is 2.10. The predicted octanol–water partition coefficient (Wildman–Crippen LogP) is 2.18. The molecule has 3 N–H and O–H groups in total. The van der Waals surface area contributed by atoms with Crippen LogP contribution >= 0.6 is 0 Å². The van der Waals surface area contributed by atoms with Crippen molar-refractivity contribution in [1.29, 1.82) is 0 Å². The fourth-order valence-electron chi connectivity index (χ4n) is 1.70. The van der Waals surface area contributed by atoms with E-state index in [-0.39, 0.29) is 0 Å². The van der Waals surface area contributed by atoms with Gasteiger partial charge >= 0.3 is 5.97 Å². The Balaban J connectivity index is 2.45. The molecule has 0 fully saturated rings. The minimum absolute atomic E-state index is 0.430. The summed E-state index contributed by atoms with van der Waals surface area (Å²) in [6.45, 7) is 6.61. The molecule has 0 spiro atoms. The van der Waals surface area contributed by atoms with Crippen molar-refractivity contribution in [2.45, 2.75) is 39.7 Å². The lowest BCUT2D eigenvalue weighted by Crippen LogP contribution is -2.30. The van der Waals surface area contributed by atoms with E-state index in [9.17, 15) is 4.79 Å². The van der Waals surface area contributed by atoms with Crippen LogP contribution in [0.15, 0.2) is 12.1 Å². The number of benzene rings is 1. The highest BCUT2D eigenvalue weighted by molar-refractivity contribution is 5.72. The smallest absolute Gasteiger partial charge is 0.320 e. The van der Waals surface area contributed by atoms with E-state index in [1.165, 1.54) is 11.1 Å². The van der Waals surface area contributed by atoms with E-state index in [2.05, 4.69) is 13.0 Å². The van der Waals surface area contributed by atoms with E-state index >= 15 is 0 Å². The molecule has 4 heteroatoms. The van der Waals surface area contributed by atoms with Crippen LogP contribution in [0.3, 0.4) is 0 Å². The zero-order valence-electron chi connectivity index (χ0n) is 11.2. The molecule has 100 valence electrons. The summed E-state index contributed by atoms with van der Waals surface area (Å²) in [5, 5.41) is 8.64. The Bertz CT molecular complexity index is 429. The van der Waals surface area contributed by atoms with Crippen molar-refractivity contribution >= 4 is 5.97 Å². The number of hydrogen-bond donors (Lipinski definition) is 2. The minimum Gasteiger partial charge on any atom is -0.493 e. The number of ether oxygens (including phenoxy) is 1. The molecule has 0 aliphatic heterocycles. The molecule has 4 nitrogen and oxygen atoms in total. The molecule has 1 rings (SSSR count). The molecule has 0 radical (unpaired) electrons. The third-order valence-electron chi connectivity index (χ3n) is 3.03. The van der Waals surface area contributed by atoms with E-state index in [0.717, 1.165) is 11.3 Å². The quantitative estimate of drug-likeness (QED) is 0.760. The van der Waals surface area contributed by atoms with Gasteiger partial charge in [0.1, 0.15) is 11.8 Å². The molecule has 0 amide bonds. The number of carboxylic acid groups (broad SMARTS) is 1. The zero-order valence-corrected chi connectivity index (χ0v) is 11.2. The SMILES string of the molecule is Cc1cc(C)c(OCCCC(N)C(=O)O)cc1C. The summed E-state index contributed by atoms with van der Waals surface area (Å²) >= 11 is 0. The molecular weight excluding hydrogens is 230 g/mol. The highest BCUT2D eigenvalue weighted by Crippen LogP contribution is 2.22. The van der Waals surface area contributed by atoms with Crippen LogP contribution < -0.4 is 10.5 Å². The summed E-state index contributed by atoms with van der Waals surface area (Å²) in [5.74, 6) is -0.0978. The van der Waals surface area contributed by atoms with Crippen LogP contribution in [0.2, 0.25) is 0 Å². The molecule has 1 aromatic rings. The molecule has 0 aliphatic rings. The fraction of sp³-hybridized carbons (Fsp3) is 0.500. The summed E-state index contributed by atoms with van der Waals surface area (Å²) in [6, 6.07) is 3.31. The Kier molecular flexibility index (Phi) is 5.16. The zero-order chi connectivity index (χ0) is 13.7. The van der Waals surface area contributed by atoms with Crippen LogP contribution in [0.4, 0.5) is 0 Å². The third kappa shape index (κ3) is 4.04. The average Bonchev–Trinajstić information content (AvgIpc) is 2.30. The predicted molar refractivity (Wildman–Crippen MR) is 71.0 cm³/mol. The number of aryl methyl sites for hydroxylation is 3.